The molecule has 0 radical (unpaired) electrons. The van der Waals surface area contributed by atoms with Crippen LogP contribution in [0.3, 0.4) is 0 Å². The smallest absolute Gasteiger partial charge is 0.193 e. The molecule has 1 rings (SSSR count). The Bertz CT molecular complexity index is 446. The standard InChI is InChI=1S/C17H30N4.HI/c1-6-8-12-21(5)17(18-7-2)19-14-15-10-9-11-16(13-15)20(3)4;/h9-11,13H,6-8,12,14H2,1-5H3,(H,18,19);1H. The monoisotopic (exact) mass is 418 g/mol. The molecular formula is C17H31IN4. The van der Waals surface area contributed by atoms with Crippen LogP contribution in [0.15, 0.2) is 29.3 Å². The first-order valence-electron chi connectivity index (χ1n) is 7.84. The lowest BCUT2D eigenvalue weighted by atomic mass is 10.2. The number of rotatable bonds is 7. The molecule has 0 saturated heterocycles. The van der Waals surface area contributed by atoms with Crippen molar-refractivity contribution in [3.05, 3.63) is 29.8 Å². The third-order valence-electron chi connectivity index (χ3n) is 3.38. The molecule has 1 aromatic carbocycles. The van der Waals surface area contributed by atoms with Crippen molar-refractivity contribution in [1.29, 1.82) is 0 Å². The summed E-state index contributed by atoms with van der Waals surface area (Å²) in [5.41, 5.74) is 2.45. The summed E-state index contributed by atoms with van der Waals surface area (Å²) in [6.45, 7) is 6.97. The summed E-state index contributed by atoms with van der Waals surface area (Å²) in [6.07, 6.45) is 2.39. The highest BCUT2D eigenvalue weighted by atomic mass is 127. The summed E-state index contributed by atoms with van der Waals surface area (Å²) in [5.74, 6) is 0.987. The predicted molar refractivity (Wildman–Crippen MR) is 109 cm³/mol. The number of hydrogen-bond acceptors (Lipinski definition) is 2. The molecule has 0 aliphatic heterocycles. The average Bonchev–Trinajstić information content (AvgIpc) is 2.49. The summed E-state index contributed by atoms with van der Waals surface area (Å²) in [7, 11) is 6.23. The zero-order chi connectivity index (χ0) is 15.7. The normalized spacial score (nSPS) is 10.9. The van der Waals surface area contributed by atoms with Crippen LogP contribution >= 0.6 is 24.0 Å². The highest BCUT2D eigenvalue weighted by Gasteiger charge is 2.05. The van der Waals surface area contributed by atoms with Gasteiger partial charge in [-0.15, -0.1) is 24.0 Å². The molecule has 22 heavy (non-hydrogen) atoms. The summed E-state index contributed by atoms with van der Waals surface area (Å²) in [5, 5.41) is 3.36. The average molecular weight is 418 g/mol. The number of aliphatic imine (C=N–C) groups is 1. The Labute approximate surface area is 153 Å². The van der Waals surface area contributed by atoms with Crippen molar-refractivity contribution in [3.63, 3.8) is 0 Å². The topological polar surface area (TPSA) is 30.9 Å². The number of hydrogen-bond donors (Lipinski definition) is 1. The predicted octanol–water partition coefficient (Wildman–Crippen LogP) is 3.57. The van der Waals surface area contributed by atoms with E-state index in [9.17, 15) is 0 Å². The fourth-order valence-electron chi connectivity index (χ4n) is 2.07. The van der Waals surface area contributed by atoms with Crippen LogP contribution in [0.2, 0.25) is 0 Å². The first kappa shape index (κ1) is 21.0. The Hall–Kier alpha value is -0.980. The molecule has 126 valence electrons. The molecule has 0 unspecified atom stereocenters. The maximum atomic E-state index is 4.75. The van der Waals surface area contributed by atoms with E-state index in [0.29, 0.717) is 6.54 Å². The molecule has 0 saturated carbocycles. The second-order valence-electron chi connectivity index (χ2n) is 5.51. The van der Waals surface area contributed by atoms with E-state index in [0.717, 1.165) is 19.0 Å². The van der Waals surface area contributed by atoms with Gasteiger partial charge in [0.2, 0.25) is 0 Å². The van der Waals surface area contributed by atoms with Gasteiger partial charge in [-0.05, 0) is 31.0 Å². The Kier molecular flexibility index (Phi) is 11.1. The first-order valence-corrected chi connectivity index (χ1v) is 7.84. The van der Waals surface area contributed by atoms with Crippen molar-refractivity contribution < 1.29 is 0 Å². The molecule has 0 spiro atoms. The molecule has 5 heteroatoms. The van der Waals surface area contributed by atoms with Crippen molar-refractivity contribution >= 4 is 35.6 Å². The summed E-state index contributed by atoms with van der Waals surface area (Å²) >= 11 is 0. The minimum absolute atomic E-state index is 0. The Morgan fingerprint density at radius 3 is 2.50 bits per heavy atom. The van der Waals surface area contributed by atoms with Gasteiger partial charge in [0.15, 0.2) is 5.96 Å². The van der Waals surface area contributed by atoms with E-state index in [1.807, 2.05) is 0 Å². The molecule has 4 nitrogen and oxygen atoms in total. The van der Waals surface area contributed by atoms with Crippen molar-refractivity contribution in [2.45, 2.75) is 33.2 Å². The number of anilines is 1. The zero-order valence-corrected chi connectivity index (χ0v) is 16.9. The molecule has 0 aromatic heterocycles. The molecule has 0 heterocycles. The van der Waals surface area contributed by atoms with Crippen LogP contribution in [-0.4, -0.2) is 45.1 Å². The van der Waals surface area contributed by atoms with E-state index in [2.05, 4.69) is 74.4 Å². The van der Waals surface area contributed by atoms with Crippen molar-refractivity contribution in [2.75, 3.05) is 39.1 Å². The molecule has 0 atom stereocenters. The second kappa shape index (κ2) is 11.6. The molecule has 0 amide bonds. The highest BCUT2D eigenvalue weighted by molar-refractivity contribution is 14.0. The fourth-order valence-corrected chi connectivity index (χ4v) is 2.07. The maximum Gasteiger partial charge on any atom is 0.193 e. The third-order valence-corrected chi connectivity index (χ3v) is 3.38. The van der Waals surface area contributed by atoms with Crippen molar-refractivity contribution in [2.24, 2.45) is 4.99 Å². The van der Waals surface area contributed by atoms with Gasteiger partial charge in [0.05, 0.1) is 6.54 Å². The lowest BCUT2D eigenvalue weighted by molar-refractivity contribution is 0.465. The van der Waals surface area contributed by atoms with E-state index in [-0.39, 0.29) is 24.0 Å². The van der Waals surface area contributed by atoms with E-state index < -0.39 is 0 Å². The van der Waals surface area contributed by atoms with E-state index in [1.165, 1.54) is 24.1 Å². The van der Waals surface area contributed by atoms with Gasteiger partial charge >= 0.3 is 0 Å². The summed E-state index contributed by atoms with van der Waals surface area (Å²) < 4.78 is 0. The van der Waals surface area contributed by atoms with Gasteiger partial charge in [-0.25, -0.2) is 4.99 Å². The molecular weight excluding hydrogens is 387 g/mol. The fraction of sp³-hybridized carbons (Fsp3) is 0.588. The quantitative estimate of drug-likeness (QED) is 0.417. The largest absolute Gasteiger partial charge is 0.378 e. The molecule has 1 aromatic rings. The maximum absolute atomic E-state index is 4.75. The van der Waals surface area contributed by atoms with Gasteiger partial charge in [-0.1, -0.05) is 25.5 Å². The second-order valence-corrected chi connectivity index (χ2v) is 5.51. The van der Waals surface area contributed by atoms with Gasteiger partial charge < -0.3 is 15.1 Å². The number of nitrogens with zero attached hydrogens (tertiary/aromatic N) is 3. The summed E-state index contributed by atoms with van der Waals surface area (Å²) in [6, 6.07) is 8.53. The number of unbranched alkanes of at least 4 members (excludes halogenated alkanes) is 1. The summed E-state index contributed by atoms with van der Waals surface area (Å²) in [4.78, 5) is 9.08. The van der Waals surface area contributed by atoms with Crippen LogP contribution in [0.4, 0.5) is 5.69 Å². The van der Waals surface area contributed by atoms with Gasteiger partial charge in [-0.3, -0.25) is 0 Å². The van der Waals surface area contributed by atoms with Crippen LogP contribution in [0.25, 0.3) is 0 Å². The van der Waals surface area contributed by atoms with Crippen LogP contribution in [0.1, 0.15) is 32.3 Å². The zero-order valence-electron chi connectivity index (χ0n) is 14.6. The van der Waals surface area contributed by atoms with Gasteiger partial charge in [0.25, 0.3) is 0 Å². The van der Waals surface area contributed by atoms with Crippen LogP contribution in [-0.2, 0) is 6.54 Å². The number of guanidine groups is 1. The van der Waals surface area contributed by atoms with Gasteiger partial charge in [-0.2, -0.15) is 0 Å². The van der Waals surface area contributed by atoms with E-state index in [4.69, 9.17) is 4.99 Å². The van der Waals surface area contributed by atoms with Crippen LogP contribution in [0, 0.1) is 0 Å². The first-order chi connectivity index (χ1) is 10.1. The lowest BCUT2D eigenvalue weighted by Crippen LogP contribution is -2.39. The van der Waals surface area contributed by atoms with Crippen LogP contribution < -0.4 is 10.2 Å². The minimum Gasteiger partial charge on any atom is -0.378 e. The Morgan fingerprint density at radius 2 is 1.91 bits per heavy atom. The van der Waals surface area contributed by atoms with Crippen molar-refractivity contribution in [3.8, 4) is 0 Å². The highest BCUT2D eigenvalue weighted by Crippen LogP contribution is 2.14. The lowest BCUT2D eigenvalue weighted by Gasteiger charge is -2.22. The van der Waals surface area contributed by atoms with Gasteiger partial charge in [0.1, 0.15) is 0 Å². The van der Waals surface area contributed by atoms with Crippen LogP contribution in [0.5, 0.6) is 0 Å². The molecule has 0 aliphatic carbocycles. The SMILES string of the molecule is CCCCN(C)C(=NCc1cccc(N(C)C)c1)NCC.I. The van der Waals surface area contributed by atoms with Gasteiger partial charge in [0, 0.05) is 39.9 Å². The number of benzene rings is 1. The number of nitrogens with one attached hydrogen (secondary N) is 1. The van der Waals surface area contributed by atoms with E-state index in [1.54, 1.807) is 0 Å². The van der Waals surface area contributed by atoms with E-state index >= 15 is 0 Å². The molecule has 1 N–H and O–H groups in total. The molecule has 0 aliphatic rings. The third kappa shape index (κ3) is 7.33. The Balaban J connectivity index is 0.00000441. The van der Waals surface area contributed by atoms with Crippen molar-refractivity contribution in [1.82, 2.24) is 10.2 Å². The Morgan fingerprint density at radius 1 is 1.18 bits per heavy atom. The number of halogens is 1. The minimum atomic E-state index is 0. The molecule has 0 bridgehead atoms. The molecule has 0 fully saturated rings.